The lowest BCUT2D eigenvalue weighted by molar-refractivity contribution is 0.401. The van der Waals surface area contributed by atoms with Gasteiger partial charge >= 0.3 is 0 Å². The molecule has 0 N–H and O–H groups in total. The van der Waals surface area contributed by atoms with Crippen molar-refractivity contribution in [3.05, 3.63) is 16.8 Å². The van der Waals surface area contributed by atoms with Crippen molar-refractivity contribution in [3.63, 3.8) is 0 Å². The van der Waals surface area contributed by atoms with Crippen molar-refractivity contribution in [2.24, 2.45) is 0 Å². The van der Waals surface area contributed by atoms with Gasteiger partial charge in [-0.15, -0.1) is 5.10 Å². The third-order valence-electron chi connectivity index (χ3n) is 3.01. The molecule has 0 aliphatic heterocycles. The molecule has 1 heterocycles. The normalized spacial score (nSPS) is 10.5. The number of aryl methyl sites for hydroxylation is 1. The summed E-state index contributed by atoms with van der Waals surface area (Å²) in [6.07, 6.45) is 1.03. The molecular weight excluding hydrogens is 226 g/mol. The van der Waals surface area contributed by atoms with Gasteiger partial charge < -0.3 is 9.80 Å². The Bertz CT molecular complexity index is 447. The molecule has 1 rings (SSSR count). The van der Waals surface area contributed by atoms with Crippen LogP contribution in [0.3, 0.4) is 0 Å². The highest BCUT2D eigenvalue weighted by atomic mass is 15.2. The van der Waals surface area contributed by atoms with Crippen molar-refractivity contribution in [1.29, 1.82) is 5.26 Å². The van der Waals surface area contributed by atoms with Crippen LogP contribution >= 0.6 is 0 Å². The van der Waals surface area contributed by atoms with Crippen molar-refractivity contribution >= 4 is 5.82 Å². The molecule has 0 aromatic carbocycles. The Morgan fingerprint density at radius 3 is 2.33 bits per heavy atom. The number of nitriles is 1. The first-order valence-corrected chi connectivity index (χ1v) is 6.07. The quantitative estimate of drug-likeness (QED) is 0.786. The van der Waals surface area contributed by atoms with E-state index in [1.807, 2.05) is 25.8 Å². The van der Waals surface area contributed by atoms with Crippen LogP contribution in [0.4, 0.5) is 5.82 Å². The average Bonchev–Trinajstić information content (AvgIpc) is 2.31. The second-order valence-corrected chi connectivity index (χ2v) is 4.80. The summed E-state index contributed by atoms with van der Waals surface area (Å²) in [6, 6.07) is 2.23. The second kappa shape index (κ2) is 6.31. The molecular formula is C13H21N5. The monoisotopic (exact) mass is 247 g/mol. The molecule has 18 heavy (non-hydrogen) atoms. The van der Waals surface area contributed by atoms with Crippen molar-refractivity contribution in [2.45, 2.75) is 20.3 Å². The highest BCUT2D eigenvalue weighted by Crippen LogP contribution is 2.20. The van der Waals surface area contributed by atoms with Crippen LogP contribution in [0.1, 0.15) is 23.2 Å². The fraction of sp³-hybridized carbons (Fsp3) is 0.615. The Balaban J connectivity index is 2.83. The Morgan fingerprint density at radius 1 is 1.11 bits per heavy atom. The van der Waals surface area contributed by atoms with Gasteiger partial charge in [0.1, 0.15) is 11.6 Å². The Labute approximate surface area is 109 Å². The van der Waals surface area contributed by atoms with E-state index in [9.17, 15) is 5.26 Å². The summed E-state index contributed by atoms with van der Waals surface area (Å²) in [5, 5.41) is 17.5. The van der Waals surface area contributed by atoms with Gasteiger partial charge in [0, 0.05) is 13.6 Å². The minimum absolute atomic E-state index is 0.634. The number of hydrogen-bond donors (Lipinski definition) is 0. The molecule has 5 heteroatoms. The summed E-state index contributed by atoms with van der Waals surface area (Å²) < 4.78 is 0. The molecule has 0 aliphatic carbocycles. The number of rotatable bonds is 5. The largest absolute Gasteiger partial charge is 0.357 e. The van der Waals surface area contributed by atoms with Crippen LogP contribution in [0.15, 0.2) is 0 Å². The van der Waals surface area contributed by atoms with E-state index in [0.29, 0.717) is 11.4 Å². The van der Waals surface area contributed by atoms with Crippen molar-refractivity contribution in [3.8, 4) is 6.07 Å². The topological polar surface area (TPSA) is 56.1 Å². The lowest BCUT2D eigenvalue weighted by Gasteiger charge is -2.20. The van der Waals surface area contributed by atoms with E-state index in [2.05, 4.69) is 35.3 Å². The zero-order valence-corrected chi connectivity index (χ0v) is 11.9. The second-order valence-electron chi connectivity index (χ2n) is 4.80. The summed E-state index contributed by atoms with van der Waals surface area (Å²) in [5.41, 5.74) is 2.37. The average molecular weight is 247 g/mol. The molecule has 1 aromatic heterocycles. The SMILES string of the molecule is Cc1nnc(N(C)CCCN(C)C)c(C#N)c1C. The molecule has 5 nitrogen and oxygen atoms in total. The van der Waals surface area contributed by atoms with E-state index >= 15 is 0 Å². The number of nitrogens with zero attached hydrogens (tertiary/aromatic N) is 5. The number of hydrogen-bond acceptors (Lipinski definition) is 5. The summed E-state index contributed by atoms with van der Waals surface area (Å²) >= 11 is 0. The maximum absolute atomic E-state index is 9.23. The molecule has 0 fully saturated rings. The molecule has 1 aromatic rings. The molecule has 0 radical (unpaired) electrons. The van der Waals surface area contributed by atoms with Crippen LogP contribution in [0.2, 0.25) is 0 Å². The first-order chi connectivity index (χ1) is 8.47. The van der Waals surface area contributed by atoms with E-state index < -0.39 is 0 Å². The number of anilines is 1. The van der Waals surface area contributed by atoms with Crippen LogP contribution in [0, 0.1) is 25.2 Å². The molecule has 0 aliphatic rings. The van der Waals surface area contributed by atoms with Gasteiger partial charge in [0.15, 0.2) is 5.82 Å². The molecule has 0 unspecified atom stereocenters. The minimum atomic E-state index is 0.634. The fourth-order valence-corrected chi connectivity index (χ4v) is 1.73. The Kier molecular flexibility index (Phi) is 5.05. The first kappa shape index (κ1) is 14.4. The van der Waals surface area contributed by atoms with E-state index in [1.54, 1.807) is 0 Å². The van der Waals surface area contributed by atoms with Gasteiger partial charge in [-0.1, -0.05) is 0 Å². The van der Waals surface area contributed by atoms with E-state index in [0.717, 1.165) is 30.8 Å². The lowest BCUT2D eigenvalue weighted by atomic mass is 10.1. The predicted molar refractivity (Wildman–Crippen MR) is 72.7 cm³/mol. The van der Waals surface area contributed by atoms with Crippen molar-refractivity contribution in [2.75, 3.05) is 39.1 Å². The van der Waals surface area contributed by atoms with Crippen LogP contribution in [-0.2, 0) is 0 Å². The third kappa shape index (κ3) is 3.41. The van der Waals surface area contributed by atoms with Gasteiger partial charge in [-0.05, 0) is 46.5 Å². The van der Waals surface area contributed by atoms with Crippen LogP contribution in [0.5, 0.6) is 0 Å². The van der Waals surface area contributed by atoms with Gasteiger partial charge in [0.05, 0.1) is 5.69 Å². The molecule has 0 amide bonds. The van der Waals surface area contributed by atoms with Gasteiger partial charge in [0.25, 0.3) is 0 Å². The lowest BCUT2D eigenvalue weighted by Crippen LogP contribution is -2.25. The highest BCUT2D eigenvalue weighted by Gasteiger charge is 2.14. The molecule has 0 saturated heterocycles. The third-order valence-corrected chi connectivity index (χ3v) is 3.01. The molecule has 0 bridgehead atoms. The van der Waals surface area contributed by atoms with E-state index in [-0.39, 0.29) is 0 Å². The standard InChI is InChI=1S/C13H21N5/c1-10-11(2)15-16-13(12(10)9-14)18(5)8-6-7-17(3)4/h6-8H2,1-5H3. The zero-order chi connectivity index (χ0) is 13.7. The Hall–Kier alpha value is -1.67. The minimum Gasteiger partial charge on any atom is -0.357 e. The van der Waals surface area contributed by atoms with Crippen molar-refractivity contribution < 1.29 is 0 Å². The van der Waals surface area contributed by atoms with E-state index in [4.69, 9.17) is 0 Å². The maximum Gasteiger partial charge on any atom is 0.169 e. The van der Waals surface area contributed by atoms with Gasteiger partial charge in [-0.3, -0.25) is 0 Å². The number of aromatic nitrogens is 2. The summed E-state index contributed by atoms with van der Waals surface area (Å²) in [6.45, 7) is 5.67. The highest BCUT2D eigenvalue weighted by molar-refractivity contribution is 5.56. The van der Waals surface area contributed by atoms with Crippen LogP contribution < -0.4 is 4.90 Å². The predicted octanol–water partition coefficient (Wildman–Crippen LogP) is 1.35. The first-order valence-electron chi connectivity index (χ1n) is 6.07. The molecule has 0 atom stereocenters. The molecule has 98 valence electrons. The summed E-state index contributed by atoms with van der Waals surface area (Å²) in [5.74, 6) is 0.680. The summed E-state index contributed by atoms with van der Waals surface area (Å²) in [7, 11) is 6.06. The smallest absolute Gasteiger partial charge is 0.169 e. The van der Waals surface area contributed by atoms with Crippen LogP contribution in [-0.4, -0.2) is 49.3 Å². The fourth-order valence-electron chi connectivity index (χ4n) is 1.73. The molecule has 0 spiro atoms. The van der Waals surface area contributed by atoms with E-state index in [1.165, 1.54) is 0 Å². The zero-order valence-electron chi connectivity index (χ0n) is 11.9. The maximum atomic E-state index is 9.23. The van der Waals surface area contributed by atoms with Gasteiger partial charge in [-0.2, -0.15) is 10.4 Å². The molecule has 0 saturated carbocycles. The summed E-state index contributed by atoms with van der Waals surface area (Å²) in [4.78, 5) is 4.15. The van der Waals surface area contributed by atoms with Gasteiger partial charge in [0.2, 0.25) is 0 Å². The Morgan fingerprint density at radius 2 is 1.78 bits per heavy atom. The van der Waals surface area contributed by atoms with Crippen LogP contribution in [0.25, 0.3) is 0 Å². The van der Waals surface area contributed by atoms with Crippen molar-refractivity contribution in [1.82, 2.24) is 15.1 Å². The van der Waals surface area contributed by atoms with Gasteiger partial charge in [-0.25, -0.2) is 0 Å².